The highest BCUT2D eigenvalue weighted by molar-refractivity contribution is 7.80. The Balaban J connectivity index is 2.20. The van der Waals surface area contributed by atoms with Crippen molar-refractivity contribution in [2.45, 2.75) is 63.7 Å². The highest BCUT2D eigenvalue weighted by Crippen LogP contribution is 2.27. The molecule has 2 rings (SSSR count). The van der Waals surface area contributed by atoms with Gasteiger partial charge < -0.3 is 5.32 Å². The van der Waals surface area contributed by atoms with E-state index in [4.69, 9.17) is 17.2 Å². The molecule has 3 heteroatoms. The summed E-state index contributed by atoms with van der Waals surface area (Å²) in [5.74, 6) is 0.255. The lowest BCUT2D eigenvalue weighted by Crippen LogP contribution is -2.29. The van der Waals surface area contributed by atoms with E-state index in [0.29, 0.717) is 0 Å². The summed E-state index contributed by atoms with van der Waals surface area (Å²) in [5, 5.41) is 3.33. The molecular weight excluding hydrogens is 288 g/mol. The minimum Gasteiger partial charge on any atom is -0.376 e. The lowest BCUT2D eigenvalue weighted by Gasteiger charge is -2.22. The Morgan fingerprint density at radius 1 is 1.23 bits per heavy atom. The number of hydrogen-bond donors (Lipinski definition) is 1. The summed E-state index contributed by atoms with van der Waals surface area (Å²) < 4.78 is 0. The molecule has 0 saturated carbocycles. The van der Waals surface area contributed by atoms with Gasteiger partial charge in [-0.3, -0.25) is 4.98 Å². The van der Waals surface area contributed by atoms with E-state index >= 15 is 0 Å². The third-order valence-corrected chi connectivity index (χ3v) is 4.86. The zero-order valence-corrected chi connectivity index (χ0v) is 14.3. The van der Waals surface area contributed by atoms with Gasteiger partial charge in [0.15, 0.2) is 0 Å². The van der Waals surface area contributed by atoms with Crippen LogP contribution in [0.25, 0.3) is 0 Å². The number of nitrogens with zero attached hydrogens (tertiary/aromatic N) is 1. The molecule has 0 radical (unpaired) electrons. The van der Waals surface area contributed by atoms with Crippen LogP contribution < -0.4 is 5.32 Å². The zero-order valence-electron chi connectivity index (χ0n) is 13.5. The van der Waals surface area contributed by atoms with Gasteiger partial charge in [-0.2, -0.15) is 0 Å². The fourth-order valence-electron chi connectivity index (χ4n) is 3.21. The minimum absolute atomic E-state index is 0.255. The van der Waals surface area contributed by atoms with Crippen molar-refractivity contribution in [1.29, 1.82) is 0 Å². The van der Waals surface area contributed by atoms with Crippen molar-refractivity contribution >= 4 is 17.2 Å². The van der Waals surface area contributed by atoms with E-state index in [-0.39, 0.29) is 5.92 Å². The molecule has 0 amide bonds. The second kappa shape index (κ2) is 9.73. The molecule has 2 nitrogen and oxygen atoms in total. The number of hydrogen-bond acceptors (Lipinski definition) is 2. The molecule has 0 spiro atoms. The van der Waals surface area contributed by atoms with Gasteiger partial charge >= 0.3 is 0 Å². The second-order valence-electron chi connectivity index (χ2n) is 6.15. The van der Waals surface area contributed by atoms with Crippen LogP contribution in [-0.4, -0.2) is 16.5 Å². The molecule has 1 aliphatic rings. The first-order valence-corrected chi connectivity index (χ1v) is 9.06. The third kappa shape index (κ3) is 5.20. The summed E-state index contributed by atoms with van der Waals surface area (Å²) in [5.41, 5.74) is 2.58. The molecule has 22 heavy (non-hydrogen) atoms. The lowest BCUT2D eigenvalue weighted by molar-refractivity contribution is 0.547. The van der Waals surface area contributed by atoms with E-state index < -0.39 is 0 Å². The normalized spacial score (nSPS) is 20.1. The molecule has 0 saturated heterocycles. The third-order valence-electron chi connectivity index (χ3n) is 4.43. The number of nitrogens with one attached hydrogen (secondary N) is 1. The van der Waals surface area contributed by atoms with Crippen molar-refractivity contribution in [3.05, 3.63) is 42.2 Å². The zero-order chi connectivity index (χ0) is 15.6. The van der Waals surface area contributed by atoms with Crippen LogP contribution >= 0.6 is 12.2 Å². The lowest BCUT2D eigenvalue weighted by atomic mass is 9.90. The van der Waals surface area contributed by atoms with Gasteiger partial charge in [0.05, 0.1) is 16.6 Å². The first-order valence-electron chi connectivity index (χ1n) is 8.65. The average molecular weight is 317 g/mol. The summed E-state index contributed by atoms with van der Waals surface area (Å²) in [7, 11) is 0. The molecule has 0 bridgehead atoms. The quantitative estimate of drug-likeness (QED) is 0.631. The fraction of sp³-hybridized carbons (Fsp3) is 0.579. The largest absolute Gasteiger partial charge is 0.376 e. The van der Waals surface area contributed by atoms with Crippen LogP contribution in [0, 0.1) is 0 Å². The molecule has 1 aromatic rings. The molecule has 1 atom stereocenters. The Morgan fingerprint density at radius 3 is 2.73 bits per heavy atom. The number of aromatic nitrogens is 1. The topological polar surface area (TPSA) is 24.9 Å². The van der Waals surface area contributed by atoms with Crippen LogP contribution in [0.2, 0.25) is 0 Å². The Labute approximate surface area is 140 Å². The van der Waals surface area contributed by atoms with Gasteiger partial charge in [0.2, 0.25) is 0 Å². The minimum atomic E-state index is 0.255. The highest BCUT2D eigenvalue weighted by Gasteiger charge is 2.21. The SMILES string of the molecule is C=CCNC(=S)C1CCCCCCCCCc2cccnc21. The van der Waals surface area contributed by atoms with E-state index in [1.54, 1.807) is 0 Å². The van der Waals surface area contributed by atoms with Gasteiger partial charge in [-0.15, -0.1) is 6.58 Å². The van der Waals surface area contributed by atoms with Crippen molar-refractivity contribution in [3.8, 4) is 0 Å². The van der Waals surface area contributed by atoms with Crippen LogP contribution in [0.5, 0.6) is 0 Å². The molecule has 1 unspecified atom stereocenters. The maximum Gasteiger partial charge on any atom is 0.0847 e. The summed E-state index contributed by atoms with van der Waals surface area (Å²) >= 11 is 5.66. The Kier molecular flexibility index (Phi) is 7.58. The highest BCUT2D eigenvalue weighted by atomic mass is 32.1. The number of rotatable bonds is 3. The number of fused-ring (bicyclic) bond motifs is 1. The van der Waals surface area contributed by atoms with Crippen LogP contribution in [0.3, 0.4) is 0 Å². The molecule has 1 heterocycles. The van der Waals surface area contributed by atoms with Gasteiger partial charge in [0, 0.05) is 12.7 Å². The van der Waals surface area contributed by atoms with Crippen LogP contribution in [-0.2, 0) is 6.42 Å². The Morgan fingerprint density at radius 2 is 1.95 bits per heavy atom. The predicted molar refractivity (Wildman–Crippen MR) is 98.4 cm³/mol. The van der Waals surface area contributed by atoms with E-state index in [2.05, 4.69) is 24.0 Å². The second-order valence-corrected chi connectivity index (χ2v) is 6.59. The van der Waals surface area contributed by atoms with Crippen molar-refractivity contribution in [2.75, 3.05) is 6.54 Å². The molecule has 0 fully saturated rings. The first kappa shape index (κ1) is 17.1. The average Bonchev–Trinajstić information content (AvgIpc) is 2.53. The molecule has 1 aliphatic carbocycles. The van der Waals surface area contributed by atoms with E-state index in [1.165, 1.54) is 56.2 Å². The number of aryl methyl sites for hydroxylation is 1. The van der Waals surface area contributed by atoms with Crippen LogP contribution in [0.4, 0.5) is 0 Å². The first-order chi connectivity index (χ1) is 10.8. The van der Waals surface area contributed by atoms with Gasteiger partial charge in [-0.1, -0.05) is 62.9 Å². The van der Waals surface area contributed by atoms with Gasteiger partial charge in [-0.25, -0.2) is 0 Å². The Bertz CT molecular complexity index is 484. The maximum absolute atomic E-state index is 5.66. The van der Waals surface area contributed by atoms with Crippen molar-refractivity contribution < 1.29 is 0 Å². The summed E-state index contributed by atoms with van der Waals surface area (Å²) in [6.45, 7) is 4.50. The van der Waals surface area contributed by atoms with Crippen molar-refractivity contribution in [1.82, 2.24) is 10.3 Å². The van der Waals surface area contributed by atoms with E-state index in [0.717, 1.165) is 24.4 Å². The van der Waals surface area contributed by atoms with Gasteiger partial charge in [-0.05, 0) is 30.9 Å². The Hall–Kier alpha value is -1.22. The van der Waals surface area contributed by atoms with Crippen molar-refractivity contribution in [2.24, 2.45) is 0 Å². The molecule has 0 aliphatic heterocycles. The fourth-order valence-corrected chi connectivity index (χ4v) is 3.52. The number of pyridine rings is 1. The van der Waals surface area contributed by atoms with E-state index in [1.807, 2.05) is 12.3 Å². The van der Waals surface area contributed by atoms with Crippen LogP contribution in [0.1, 0.15) is 68.5 Å². The smallest absolute Gasteiger partial charge is 0.0847 e. The molecular formula is C19H28N2S. The van der Waals surface area contributed by atoms with Crippen LogP contribution in [0.15, 0.2) is 31.0 Å². The molecule has 120 valence electrons. The summed E-state index contributed by atoms with van der Waals surface area (Å²) in [4.78, 5) is 5.63. The molecule has 1 N–H and O–H groups in total. The monoisotopic (exact) mass is 316 g/mol. The van der Waals surface area contributed by atoms with Gasteiger partial charge in [0.1, 0.15) is 0 Å². The van der Waals surface area contributed by atoms with E-state index in [9.17, 15) is 0 Å². The predicted octanol–water partition coefficient (Wildman–Crippen LogP) is 4.95. The summed E-state index contributed by atoms with van der Waals surface area (Å²) in [6.07, 6.45) is 15.2. The molecule has 1 aromatic heterocycles. The standard InChI is InChI=1S/C19H28N2S/c1-2-14-21-19(22)17-13-9-7-5-3-4-6-8-11-16-12-10-15-20-18(16)17/h2,10,12,15,17H,1,3-9,11,13-14H2,(H,21,22). The van der Waals surface area contributed by atoms with Gasteiger partial charge in [0.25, 0.3) is 0 Å². The van der Waals surface area contributed by atoms with Crippen molar-refractivity contribution in [3.63, 3.8) is 0 Å². The maximum atomic E-state index is 5.66. The molecule has 0 aromatic carbocycles. The summed E-state index contributed by atoms with van der Waals surface area (Å²) in [6, 6.07) is 4.29. The number of thiocarbonyl (C=S) groups is 1.